The van der Waals surface area contributed by atoms with Crippen molar-refractivity contribution in [2.24, 2.45) is 0 Å². The predicted octanol–water partition coefficient (Wildman–Crippen LogP) is 7.80. The number of hydrogen-bond donors (Lipinski definition) is 0. The fourth-order valence-electron chi connectivity index (χ4n) is 3.08. The Bertz CT molecular complexity index is 1280. The van der Waals surface area contributed by atoms with Crippen molar-refractivity contribution in [1.82, 2.24) is 14.8 Å². The normalized spacial score (nSPS) is 11.7. The van der Waals surface area contributed by atoms with Gasteiger partial charge in [-0.25, -0.2) is 4.39 Å². The van der Waals surface area contributed by atoms with Gasteiger partial charge in [-0.05, 0) is 42.0 Å². The standard InChI is InChI=1S/C22H13BrClF4N3S/c23-15-9-8-14(18(25)11-15)12-32-21-30-29-20(13-4-3-5-16(24)10-13)31(21)19-7-2-1-6-17(19)22(26,27)28/h1-11H,12H2. The van der Waals surface area contributed by atoms with E-state index in [1.807, 2.05) is 0 Å². The largest absolute Gasteiger partial charge is 0.418 e. The van der Waals surface area contributed by atoms with Gasteiger partial charge in [-0.1, -0.05) is 69.6 Å². The molecule has 0 radical (unpaired) electrons. The summed E-state index contributed by atoms with van der Waals surface area (Å²) < 4.78 is 57.5. The van der Waals surface area contributed by atoms with Crippen LogP contribution in [0.4, 0.5) is 17.6 Å². The molecular weight excluding hydrogens is 530 g/mol. The minimum Gasteiger partial charge on any atom is -0.269 e. The van der Waals surface area contributed by atoms with E-state index < -0.39 is 17.6 Å². The Labute approximate surface area is 198 Å². The Morgan fingerprint density at radius 1 is 0.969 bits per heavy atom. The molecule has 32 heavy (non-hydrogen) atoms. The van der Waals surface area contributed by atoms with Gasteiger partial charge >= 0.3 is 6.18 Å². The Morgan fingerprint density at radius 2 is 1.75 bits per heavy atom. The van der Waals surface area contributed by atoms with E-state index in [0.717, 1.165) is 17.8 Å². The van der Waals surface area contributed by atoms with E-state index in [0.29, 0.717) is 20.6 Å². The minimum absolute atomic E-state index is 0.126. The topological polar surface area (TPSA) is 30.7 Å². The van der Waals surface area contributed by atoms with Crippen molar-refractivity contribution in [3.63, 3.8) is 0 Å². The second kappa shape index (κ2) is 9.25. The summed E-state index contributed by atoms with van der Waals surface area (Å²) in [6.45, 7) is 0. The molecule has 4 rings (SSSR count). The van der Waals surface area contributed by atoms with Crippen molar-refractivity contribution in [2.45, 2.75) is 17.1 Å². The predicted molar refractivity (Wildman–Crippen MR) is 120 cm³/mol. The third kappa shape index (κ3) is 4.84. The number of rotatable bonds is 5. The van der Waals surface area contributed by atoms with Gasteiger partial charge in [0.05, 0.1) is 11.3 Å². The Morgan fingerprint density at radius 3 is 2.47 bits per heavy atom. The maximum atomic E-state index is 14.3. The second-order valence-electron chi connectivity index (χ2n) is 6.69. The maximum Gasteiger partial charge on any atom is 0.418 e. The number of benzene rings is 3. The number of aromatic nitrogens is 3. The monoisotopic (exact) mass is 541 g/mol. The zero-order chi connectivity index (χ0) is 22.9. The van der Waals surface area contributed by atoms with Crippen LogP contribution in [-0.2, 0) is 11.9 Å². The van der Waals surface area contributed by atoms with Crippen LogP contribution in [0.15, 0.2) is 76.4 Å². The van der Waals surface area contributed by atoms with Crippen LogP contribution in [0.3, 0.4) is 0 Å². The summed E-state index contributed by atoms with van der Waals surface area (Å²) in [6.07, 6.45) is -4.59. The first kappa shape index (κ1) is 22.8. The second-order valence-corrected chi connectivity index (χ2v) is 8.99. The van der Waals surface area contributed by atoms with Gasteiger partial charge in [0.1, 0.15) is 5.82 Å². The molecule has 0 saturated heterocycles. The van der Waals surface area contributed by atoms with Crippen LogP contribution in [0.1, 0.15) is 11.1 Å². The third-order valence-corrected chi connectivity index (χ3v) is 6.24. The van der Waals surface area contributed by atoms with Crippen molar-refractivity contribution in [2.75, 3.05) is 0 Å². The van der Waals surface area contributed by atoms with E-state index in [9.17, 15) is 17.6 Å². The SMILES string of the molecule is Fc1cc(Br)ccc1CSc1nnc(-c2cccc(Cl)c2)n1-c1ccccc1C(F)(F)F. The van der Waals surface area contributed by atoms with Crippen LogP contribution in [0, 0.1) is 5.82 Å². The Kier molecular flexibility index (Phi) is 6.60. The van der Waals surface area contributed by atoms with Crippen LogP contribution < -0.4 is 0 Å². The number of alkyl halides is 3. The molecule has 0 fully saturated rings. The van der Waals surface area contributed by atoms with Crippen LogP contribution in [0.25, 0.3) is 17.1 Å². The van der Waals surface area contributed by atoms with E-state index in [1.54, 1.807) is 36.4 Å². The number of thioether (sulfide) groups is 1. The third-order valence-electron chi connectivity index (χ3n) is 4.54. The molecule has 0 aliphatic rings. The Balaban J connectivity index is 1.83. The fraction of sp³-hybridized carbons (Fsp3) is 0.0909. The quantitative estimate of drug-likeness (QED) is 0.190. The first-order chi connectivity index (χ1) is 15.2. The van der Waals surface area contributed by atoms with E-state index in [2.05, 4.69) is 26.1 Å². The minimum atomic E-state index is -4.59. The zero-order valence-electron chi connectivity index (χ0n) is 16.1. The van der Waals surface area contributed by atoms with Crippen LogP contribution in [0.5, 0.6) is 0 Å². The molecule has 3 nitrogen and oxygen atoms in total. The lowest BCUT2D eigenvalue weighted by Gasteiger charge is -2.16. The zero-order valence-corrected chi connectivity index (χ0v) is 19.2. The van der Waals surface area contributed by atoms with Crippen molar-refractivity contribution in [1.29, 1.82) is 0 Å². The molecule has 0 saturated carbocycles. The number of nitrogens with zero attached hydrogens (tertiary/aromatic N) is 3. The molecule has 1 aromatic heterocycles. The van der Waals surface area contributed by atoms with Crippen LogP contribution >= 0.6 is 39.3 Å². The summed E-state index contributed by atoms with van der Waals surface area (Å²) in [7, 11) is 0. The highest BCUT2D eigenvalue weighted by Gasteiger charge is 2.35. The summed E-state index contributed by atoms with van der Waals surface area (Å²) in [5.41, 5.74) is -0.0664. The maximum absolute atomic E-state index is 14.3. The lowest BCUT2D eigenvalue weighted by Crippen LogP contribution is -2.12. The van der Waals surface area contributed by atoms with Crippen LogP contribution in [-0.4, -0.2) is 14.8 Å². The van der Waals surface area contributed by atoms with Gasteiger partial charge in [0.2, 0.25) is 0 Å². The van der Waals surface area contributed by atoms with E-state index in [-0.39, 0.29) is 22.4 Å². The molecule has 0 spiro atoms. The Hall–Kier alpha value is -2.36. The summed E-state index contributed by atoms with van der Waals surface area (Å²) in [5.74, 6) is -0.0762. The molecule has 0 bridgehead atoms. The lowest BCUT2D eigenvalue weighted by molar-refractivity contribution is -0.137. The van der Waals surface area contributed by atoms with Gasteiger partial charge in [-0.15, -0.1) is 10.2 Å². The number of para-hydroxylation sites is 1. The molecule has 0 amide bonds. The van der Waals surface area contributed by atoms with Crippen molar-refractivity contribution in [3.8, 4) is 17.1 Å². The molecular formula is C22H13BrClF4N3S. The molecule has 0 N–H and O–H groups in total. The molecule has 0 aliphatic heterocycles. The highest BCUT2D eigenvalue weighted by atomic mass is 79.9. The first-order valence-corrected chi connectivity index (χ1v) is 11.3. The van der Waals surface area contributed by atoms with E-state index in [1.165, 1.54) is 28.8 Å². The molecule has 164 valence electrons. The summed E-state index contributed by atoms with van der Waals surface area (Å²) in [5, 5.41) is 8.86. The van der Waals surface area contributed by atoms with Gasteiger partial charge < -0.3 is 0 Å². The van der Waals surface area contributed by atoms with Crippen molar-refractivity contribution >= 4 is 39.3 Å². The lowest BCUT2D eigenvalue weighted by atomic mass is 10.1. The summed E-state index contributed by atoms with van der Waals surface area (Å²) >= 11 is 10.4. The molecule has 3 aromatic carbocycles. The van der Waals surface area contributed by atoms with E-state index >= 15 is 0 Å². The van der Waals surface area contributed by atoms with E-state index in [4.69, 9.17) is 11.6 Å². The molecule has 4 aromatic rings. The smallest absolute Gasteiger partial charge is 0.269 e. The molecule has 0 atom stereocenters. The van der Waals surface area contributed by atoms with Crippen molar-refractivity contribution in [3.05, 3.63) is 93.2 Å². The van der Waals surface area contributed by atoms with Gasteiger partial charge in [-0.3, -0.25) is 4.57 Å². The fourth-order valence-corrected chi connectivity index (χ4v) is 4.54. The summed E-state index contributed by atoms with van der Waals surface area (Å²) in [4.78, 5) is 0. The average Bonchev–Trinajstić information content (AvgIpc) is 3.16. The van der Waals surface area contributed by atoms with Crippen molar-refractivity contribution < 1.29 is 17.6 Å². The van der Waals surface area contributed by atoms with Crippen LogP contribution in [0.2, 0.25) is 5.02 Å². The highest BCUT2D eigenvalue weighted by Crippen LogP contribution is 2.38. The van der Waals surface area contributed by atoms with Gasteiger partial charge in [0.25, 0.3) is 0 Å². The molecule has 1 heterocycles. The van der Waals surface area contributed by atoms with Gasteiger partial charge in [0, 0.05) is 20.8 Å². The molecule has 0 aliphatic carbocycles. The van der Waals surface area contributed by atoms with Gasteiger partial charge in [-0.2, -0.15) is 13.2 Å². The van der Waals surface area contributed by atoms with Gasteiger partial charge in [0.15, 0.2) is 11.0 Å². The number of halogens is 6. The molecule has 0 unspecified atom stereocenters. The average molecular weight is 543 g/mol. The number of hydrogen-bond acceptors (Lipinski definition) is 3. The molecule has 10 heteroatoms. The summed E-state index contributed by atoms with van der Waals surface area (Å²) in [6, 6.07) is 16.4. The highest BCUT2D eigenvalue weighted by molar-refractivity contribution is 9.10. The first-order valence-electron chi connectivity index (χ1n) is 9.19.